The normalized spacial score (nSPS) is 13.6. The van der Waals surface area contributed by atoms with Gasteiger partial charge >= 0.3 is 0 Å². The Morgan fingerprint density at radius 2 is 1.84 bits per heavy atom. The van der Waals surface area contributed by atoms with Gasteiger partial charge in [-0.3, -0.25) is 0 Å². The predicted octanol–water partition coefficient (Wildman–Crippen LogP) is 3.00. The van der Waals surface area contributed by atoms with Gasteiger partial charge in [-0.15, -0.1) is 11.3 Å². The quantitative estimate of drug-likeness (QED) is 0.850. The van der Waals surface area contributed by atoms with Crippen LogP contribution in [0.5, 0.6) is 0 Å². The molecule has 0 radical (unpaired) electrons. The lowest BCUT2D eigenvalue weighted by molar-refractivity contribution is 0.388. The first kappa shape index (κ1) is 14.2. The van der Waals surface area contributed by atoms with Crippen molar-refractivity contribution < 1.29 is 8.42 Å². The fourth-order valence-electron chi connectivity index (χ4n) is 1.84. The molecular weight excluding hydrogens is 278 g/mol. The summed E-state index contributed by atoms with van der Waals surface area (Å²) in [5.74, 6) is 0. The Morgan fingerprint density at radius 1 is 1.16 bits per heavy atom. The van der Waals surface area contributed by atoms with E-state index in [1.807, 2.05) is 30.5 Å². The van der Waals surface area contributed by atoms with Crippen LogP contribution in [0, 0.1) is 0 Å². The van der Waals surface area contributed by atoms with Gasteiger partial charge in [0.05, 0.1) is 4.90 Å². The number of sulfonamides is 1. The van der Waals surface area contributed by atoms with Crippen LogP contribution in [0.15, 0.2) is 52.7 Å². The lowest BCUT2D eigenvalue weighted by atomic mass is 10.2. The molecular formula is C14H17NO2S2. The van der Waals surface area contributed by atoms with E-state index in [1.54, 1.807) is 42.6 Å². The highest BCUT2D eigenvalue weighted by Gasteiger charge is 2.25. The van der Waals surface area contributed by atoms with Crippen LogP contribution in [0.2, 0.25) is 0 Å². The van der Waals surface area contributed by atoms with E-state index in [1.165, 1.54) is 9.18 Å². The van der Waals surface area contributed by atoms with Gasteiger partial charge in [0.2, 0.25) is 10.0 Å². The van der Waals surface area contributed by atoms with Crippen LogP contribution in [0.4, 0.5) is 0 Å². The zero-order chi connectivity index (χ0) is 13.9. The van der Waals surface area contributed by atoms with Gasteiger partial charge in [0, 0.05) is 18.0 Å². The molecule has 0 saturated heterocycles. The van der Waals surface area contributed by atoms with Crippen LogP contribution in [-0.2, 0) is 16.4 Å². The van der Waals surface area contributed by atoms with Crippen molar-refractivity contribution in [2.45, 2.75) is 24.3 Å². The van der Waals surface area contributed by atoms with Crippen molar-refractivity contribution in [3.8, 4) is 0 Å². The van der Waals surface area contributed by atoms with Gasteiger partial charge in [-0.1, -0.05) is 24.3 Å². The van der Waals surface area contributed by atoms with E-state index in [2.05, 4.69) is 0 Å². The van der Waals surface area contributed by atoms with Crippen molar-refractivity contribution in [2.24, 2.45) is 0 Å². The standard InChI is InChI=1S/C14H17NO2S2/c1-12(11-13-7-6-10-18-13)15(2)19(16,17)14-8-4-3-5-9-14/h3-10,12H,11H2,1-2H3. The molecule has 0 spiro atoms. The van der Waals surface area contributed by atoms with E-state index in [4.69, 9.17) is 0 Å². The summed E-state index contributed by atoms with van der Waals surface area (Å²) in [6.07, 6.45) is 0.736. The van der Waals surface area contributed by atoms with E-state index < -0.39 is 10.0 Å². The minimum atomic E-state index is -3.40. The van der Waals surface area contributed by atoms with Gasteiger partial charge in [-0.05, 0) is 36.9 Å². The van der Waals surface area contributed by atoms with E-state index in [0.29, 0.717) is 4.90 Å². The van der Waals surface area contributed by atoms with Crippen LogP contribution < -0.4 is 0 Å². The molecule has 5 heteroatoms. The summed E-state index contributed by atoms with van der Waals surface area (Å²) >= 11 is 1.65. The Hall–Kier alpha value is -1.17. The van der Waals surface area contributed by atoms with Crippen LogP contribution in [0.25, 0.3) is 0 Å². The third kappa shape index (κ3) is 3.23. The van der Waals surface area contributed by atoms with Crippen LogP contribution in [0.3, 0.4) is 0 Å². The van der Waals surface area contributed by atoms with E-state index >= 15 is 0 Å². The van der Waals surface area contributed by atoms with Gasteiger partial charge in [-0.2, -0.15) is 4.31 Å². The average molecular weight is 295 g/mol. The highest BCUT2D eigenvalue weighted by Crippen LogP contribution is 2.19. The Balaban J connectivity index is 2.16. The molecule has 0 bridgehead atoms. The minimum Gasteiger partial charge on any atom is -0.207 e. The second kappa shape index (κ2) is 5.86. The molecule has 3 nitrogen and oxygen atoms in total. The van der Waals surface area contributed by atoms with E-state index in [9.17, 15) is 8.42 Å². The van der Waals surface area contributed by atoms with Crippen molar-refractivity contribution in [1.82, 2.24) is 4.31 Å². The second-order valence-corrected chi connectivity index (χ2v) is 7.50. The smallest absolute Gasteiger partial charge is 0.207 e. The Morgan fingerprint density at radius 3 is 2.42 bits per heavy atom. The molecule has 1 atom stereocenters. The lowest BCUT2D eigenvalue weighted by Gasteiger charge is -2.24. The number of hydrogen-bond acceptors (Lipinski definition) is 3. The Kier molecular flexibility index (Phi) is 4.39. The fraction of sp³-hybridized carbons (Fsp3) is 0.286. The van der Waals surface area contributed by atoms with Crippen LogP contribution in [-0.4, -0.2) is 25.8 Å². The van der Waals surface area contributed by atoms with Crippen molar-refractivity contribution in [1.29, 1.82) is 0 Å². The Labute approximate surface area is 118 Å². The largest absolute Gasteiger partial charge is 0.243 e. The molecule has 1 aromatic carbocycles. The topological polar surface area (TPSA) is 37.4 Å². The molecule has 2 rings (SSSR count). The number of benzene rings is 1. The molecule has 19 heavy (non-hydrogen) atoms. The summed E-state index contributed by atoms with van der Waals surface area (Å²) in [6, 6.07) is 12.5. The van der Waals surface area contributed by atoms with Gasteiger partial charge in [0.1, 0.15) is 0 Å². The molecule has 0 saturated carbocycles. The molecule has 1 unspecified atom stereocenters. The SMILES string of the molecule is CC(Cc1cccs1)N(C)S(=O)(=O)c1ccccc1. The van der Waals surface area contributed by atoms with Crippen molar-refractivity contribution in [3.63, 3.8) is 0 Å². The van der Waals surface area contributed by atoms with Crippen LogP contribution in [0.1, 0.15) is 11.8 Å². The summed E-state index contributed by atoms with van der Waals surface area (Å²) in [6.45, 7) is 1.93. The highest BCUT2D eigenvalue weighted by atomic mass is 32.2. The highest BCUT2D eigenvalue weighted by molar-refractivity contribution is 7.89. The maximum Gasteiger partial charge on any atom is 0.243 e. The van der Waals surface area contributed by atoms with Gasteiger partial charge in [0.15, 0.2) is 0 Å². The number of likely N-dealkylation sites (N-methyl/N-ethyl adjacent to an activating group) is 1. The summed E-state index contributed by atoms with van der Waals surface area (Å²) in [4.78, 5) is 1.54. The molecule has 0 aliphatic carbocycles. The predicted molar refractivity (Wildman–Crippen MR) is 78.9 cm³/mol. The van der Waals surface area contributed by atoms with Gasteiger partial charge in [0.25, 0.3) is 0 Å². The number of nitrogens with zero attached hydrogens (tertiary/aromatic N) is 1. The summed E-state index contributed by atoms with van der Waals surface area (Å²) in [7, 11) is -1.76. The number of hydrogen-bond donors (Lipinski definition) is 0. The van der Waals surface area contributed by atoms with Gasteiger partial charge < -0.3 is 0 Å². The number of rotatable bonds is 5. The molecule has 102 valence electrons. The monoisotopic (exact) mass is 295 g/mol. The molecule has 2 aromatic rings. The molecule has 1 aromatic heterocycles. The lowest BCUT2D eigenvalue weighted by Crippen LogP contribution is -2.36. The third-order valence-electron chi connectivity index (χ3n) is 3.12. The van der Waals surface area contributed by atoms with Gasteiger partial charge in [-0.25, -0.2) is 8.42 Å². The number of thiophene rings is 1. The zero-order valence-corrected chi connectivity index (χ0v) is 12.6. The molecule has 0 aliphatic heterocycles. The van der Waals surface area contributed by atoms with E-state index in [0.717, 1.165) is 6.42 Å². The first-order valence-corrected chi connectivity index (χ1v) is 8.39. The molecule has 0 fully saturated rings. The first-order chi connectivity index (χ1) is 9.01. The second-order valence-electron chi connectivity index (χ2n) is 4.47. The minimum absolute atomic E-state index is 0.0659. The van der Waals surface area contributed by atoms with E-state index in [-0.39, 0.29) is 6.04 Å². The summed E-state index contributed by atoms with van der Waals surface area (Å²) in [5.41, 5.74) is 0. The van der Waals surface area contributed by atoms with Crippen molar-refractivity contribution >= 4 is 21.4 Å². The van der Waals surface area contributed by atoms with Crippen LogP contribution >= 0.6 is 11.3 Å². The Bertz CT molecular complexity index is 606. The maximum atomic E-state index is 12.4. The molecule has 1 heterocycles. The average Bonchev–Trinajstić information content (AvgIpc) is 2.91. The molecule has 0 amide bonds. The first-order valence-electron chi connectivity index (χ1n) is 6.07. The third-order valence-corrected chi connectivity index (χ3v) is 6.00. The van der Waals surface area contributed by atoms with Crippen molar-refractivity contribution in [3.05, 3.63) is 52.7 Å². The fourth-order valence-corrected chi connectivity index (χ4v) is 4.05. The zero-order valence-electron chi connectivity index (χ0n) is 11.0. The molecule has 0 aliphatic rings. The molecule has 0 N–H and O–H groups in total. The summed E-state index contributed by atoms with van der Waals surface area (Å²) < 4.78 is 26.3. The van der Waals surface area contributed by atoms with Crippen molar-refractivity contribution in [2.75, 3.05) is 7.05 Å². The maximum absolute atomic E-state index is 12.4. The summed E-state index contributed by atoms with van der Waals surface area (Å²) in [5, 5.41) is 2.01.